The summed E-state index contributed by atoms with van der Waals surface area (Å²) in [7, 11) is 0. The summed E-state index contributed by atoms with van der Waals surface area (Å²) in [5.74, 6) is -2.26. The van der Waals surface area contributed by atoms with Gasteiger partial charge in [0.05, 0.1) is 5.57 Å². The van der Waals surface area contributed by atoms with E-state index in [2.05, 4.69) is 6.58 Å². The molecule has 0 saturated heterocycles. The average molecular weight is 168 g/mol. The second-order valence-corrected chi connectivity index (χ2v) is 1.83. The van der Waals surface area contributed by atoms with Gasteiger partial charge in [-0.2, -0.15) is 0 Å². The first kappa shape index (κ1) is 10.2. The maximum atomic E-state index is 10.3. The summed E-state index contributed by atoms with van der Waals surface area (Å²) >= 11 is 0. The molecule has 0 atom stereocenters. The fraction of sp³-hybridized carbons (Fsp3) is 0. The first-order valence-electron chi connectivity index (χ1n) is 3.05. The fourth-order valence-corrected chi connectivity index (χ4v) is 0.461. The highest BCUT2D eigenvalue weighted by Crippen LogP contribution is 1.95. The molecule has 0 amide bonds. The fourth-order valence-electron chi connectivity index (χ4n) is 0.461. The Bertz CT molecular complexity index is 260. The second-order valence-electron chi connectivity index (χ2n) is 1.83. The van der Waals surface area contributed by atoms with Crippen LogP contribution in [0, 0.1) is 0 Å². The standard InChI is InChI=1S/C8H8O4/c1-2-6(8(11)12)4-3-5-7(9)10/h2-5H,1H2,(H,9,10)(H,11,12)/b5-3+,6-4+. The zero-order valence-corrected chi connectivity index (χ0v) is 6.23. The van der Waals surface area contributed by atoms with E-state index in [1.807, 2.05) is 0 Å². The number of rotatable bonds is 4. The summed E-state index contributed by atoms with van der Waals surface area (Å²) in [6, 6.07) is 0. The van der Waals surface area contributed by atoms with Crippen LogP contribution in [0.5, 0.6) is 0 Å². The Labute approximate surface area is 69.1 Å². The van der Waals surface area contributed by atoms with Crippen LogP contribution in [0.25, 0.3) is 0 Å². The zero-order chi connectivity index (χ0) is 9.56. The predicted octanol–water partition coefficient (Wildman–Crippen LogP) is 0.824. The van der Waals surface area contributed by atoms with Crippen molar-refractivity contribution in [3.63, 3.8) is 0 Å². The molecule has 4 heteroatoms. The van der Waals surface area contributed by atoms with Crippen molar-refractivity contribution in [2.45, 2.75) is 0 Å². The van der Waals surface area contributed by atoms with Gasteiger partial charge in [-0.3, -0.25) is 0 Å². The van der Waals surface area contributed by atoms with E-state index in [1.54, 1.807) is 0 Å². The van der Waals surface area contributed by atoms with Crippen molar-refractivity contribution in [2.75, 3.05) is 0 Å². The van der Waals surface area contributed by atoms with Gasteiger partial charge >= 0.3 is 11.9 Å². The summed E-state index contributed by atoms with van der Waals surface area (Å²) in [6.07, 6.45) is 4.26. The van der Waals surface area contributed by atoms with E-state index in [0.717, 1.165) is 24.3 Å². The van der Waals surface area contributed by atoms with Crippen molar-refractivity contribution in [3.8, 4) is 0 Å². The van der Waals surface area contributed by atoms with Crippen LogP contribution in [0.3, 0.4) is 0 Å². The summed E-state index contributed by atoms with van der Waals surface area (Å²) in [5, 5.41) is 16.6. The van der Waals surface area contributed by atoms with Gasteiger partial charge in [0, 0.05) is 6.08 Å². The zero-order valence-electron chi connectivity index (χ0n) is 6.23. The van der Waals surface area contributed by atoms with E-state index in [4.69, 9.17) is 10.2 Å². The minimum absolute atomic E-state index is 0.0486. The number of aliphatic carboxylic acids is 2. The minimum atomic E-state index is -1.14. The third-order valence-electron chi connectivity index (χ3n) is 0.981. The Morgan fingerprint density at radius 1 is 1.25 bits per heavy atom. The number of carbonyl (C=O) groups is 2. The molecule has 12 heavy (non-hydrogen) atoms. The van der Waals surface area contributed by atoms with Gasteiger partial charge in [-0.05, 0) is 6.08 Å². The van der Waals surface area contributed by atoms with Gasteiger partial charge in [0.25, 0.3) is 0 Å². The molecular weight excluding hydrogens is 160 g/mol. The Morgan fingerprint density at radius 3 is 2.17 bits per heavy atom. The van der Waals surface area contributed by atoms with Crippen molar-refractivity contribution in [1.82, 2.24) is 0 Å². The molecule has 0 aliphatic heterocycles. The summed E-state index contributed by atoms with van der Waals surface area (Å²) in [6.45, 7) is 3.25. The van der Waals surface area contributed by atoms with Crippen LogP contribution in [-0.2, 0) is 9.59 Å². The topological polar surface area (TPSA) is 74.6 Å². The Balaban J connectivity index is 4.41. The normalized spacial score (nSPS) is 11.5. The largest absolute Gasteiger partial charge is 0.478 e. The van der Waals surface area contributed by atoms with E-state index in [9.17, 15) is 9.59 Å². The molecule has 0 heterocycles. The molecule has 0 unspecified atom stereocenters. The quantitative estimate of drug-likeness (QED) is 0.481. The molecule has 0 fully saturated rings. The number of hydrogen-bond donors (Lipinski definition) is 2. The first-order chi connectivity index (χ1) is 5.57. The van der Waals surface area contributed by atoms with E-state index in [-0.39, 0.29) is 5.57 Å². The second kappa shape index (κ2) is 4.90. The molecule has 0 rings (SSSR count). The van der Waals surface area contributed by atoms with E-state index in [1.165, 1.54) is 0 Å². The lowest BCUT2D eigenvalue weighted by Gasteiger charge is -1.88. The third-order valence-corrected chi connectivity index (χ3v) is 0.981. The third kappa shape index (κ3) is 4.05. The molecule has 2 N–H and O–H groups in total. The Kier molecular flexibility index (Phi) is 4.15. The molecular formula is C8H8O4. The molecule has 0 aromatic carbocycles. The van der Waals surface area contributed by atoms with Gasteiger partial charge < -0.3 is 10.2 Å². The average Bonchev–Trinajstić information content (AvgIpc) is 1.96. The minimum Gasteiger partial charge on any atom is -0.478 e. The molecule has 0 aliphatic carbocycles. The van der Waals surface area contributed by atoms with Crippen molar-refractivity contribution >= 4 is 11.9 Å². The van der Waals surface area contributed by atoms with Crippen LogP contribution in [0.15, 0.2) is 36.5 Å². The first-order valence-corrected chi connectivity index (χ1v) is 3.05. The smallest absolute Gasteiger partial charge is 0.335 e. The van der Waals surface area contributed by atoms with Crippen molar-refractivity contribution < 1.29 is 19.8 Å². The van der Waals surface area contributed by atoms with Gasteiger partial charge in [-0.15, -0.1) is 0 Å². The monoisotopic (exact) mass is 168 g/mol. The number of hydrogen-bond acceptors (Lipinski definition) is 2. The molecule has 64 valence electrons. The number of allylic oxidation sites excluding steroid dienone is 2. The summed E-state index contributed by atoms with van der Waals surface area (Å²) in [4.78, 5) is 20.2. The van der Waals surface area contributed by atoms with Gasteiger partial charge in [0.15, 0.2) is 0 Å². The molecule has 4 nitrogen and oxygen atoms in total. The maximum Gasteiger partial charge on any atom is 0.335 e. The van der Waals surface area contributed by atoms with Crippen molar-refractivity contribution in [2.24, 2.45) is 0 Å². The predicted molar refractivity (Wildman–Crippen MR) is 42.7 cm³/mol. The van der Waals surface area contributed by atoms with Crippen LogP contribution in [0.4, 0.5) is 0 Å². The van der Waals surface area contributed by atoms with Crippen molar-refractivity contribution in [3.05, 3.63) is 36.5 Å². The highest BCUT2D eigenvalue weighted by atomic mass is 16.4. The lowest BCUT2D eigenvalue weighted by atomic mass is 10.2. The molecule has 0 saturated carbocycles. The van der Waals surface area contributed by atoms with E-state index in [0.29, 0.717) is 0 Å². The molecule has 0 radical (unpaired) electrons. The van der Waals surface area contributed by atoms with E-state index < -0.39 is 11.9 Å². The van der Waals surface area contributed by atoms with Crippen LogP contribution < -0.4 is 0 Å². The lowest BCUT2D eigenvalue weighted by molar-refractivity contribution is -0.133. The van der Waals surface area contributed by atoms with Crippen LogP contribution in [-0.4, -0.2) is 22.2 Å². The molecule has 0 aromatic rings. The molecule has 0 spiro atoms. The summed E-state index contributed by atoms with van der Waals surface area (Å²) < 4.78 is 0. The van der Waals surface area contributed by atoms with Crippen LogP contribution in [0.2, 0.25) is 0 Å². The van der Waals surface area contributed by atoms with Gasteiger partial charge in [0.1, 0.15) is 0 Å². The van der Waals surface area contributed by atoms with Crippen molar-refractivity contribution in [1.29, 1.82) is 0 Å². The van der Waals surface area contributed by atoms with E-state index >= 15 is 0 Å². The van der Waals surface area contributed by atoms with Crippen LogP contribution in [0.1, 0.15) is 0 Å². The van der Waals surface area contributed by atoms with Gasteiger partial charge in [-0.1, -0.05) is 18.7 Å². The molecule has 0 aromatic heterocycles. The highest BCUT2D eigenvalue weighted by Gasteiger charge is 1.98. The number of carboxylic acids is 2. The maximum absolute atomic E-state index is 10.3. The SMILES string of the molecule is C=C/C(=C\C=C\C(=O)O)C(=O)O. The van der Waals surface area contributed by atoms with Crippen LogP contribution >= 0.6 is 0 Å². The number of carboxylic acid groups (broad SMARTS) is 2. The summed E-state index contributed by atoms with van der Waals surface area (Å²) in [5.41, 5.74) is -0.0486. The van der Waals surface area contributed by atoms with Gasteiger partial charge in [-0.25, -0.2) is 9.59 Å². The lowest BCUT2D eigenvalue weighted by Crippen LogP contribution is -1.96. The molecule has 0 bridgehead atoms. The Morgan fingerprint density at radius 2 is 1.83 bits per heavy atom. The van der Waals surface area contributed by atoms with Gasteiger partial charge in [0.2, 0.25) is 0 Å². The Hall–Kier alpha value is -1.84. The molecule has 0 aliphatic rings. The highest BCUT2D eigenvalue weighted by molar-refractivity contribution is 5.90.